The van der Waals surface area contributed by atoms with Crippen LogP contribution in [0.1, 0.15) is 33.6 Å². The van der Waals surface area contributed by atoms with Crippen LogP contribution in [0.5, 0.6) is 0 Å². The van der Waals surface area contributed by atoms with Gasteiger partial charge in [-0.05, 0) is 30.9 Å². The van der Waals surface area contributed by atoms with Crippen molar-refractivity contribution in [2.45, 2.75) is 39.3 Å². The van der Waals surface area contributed by atoms with E-state index in [9.17, 15) is 17.3 Å². The van der Waals surface area contributed by atoms with Gasteiger partial charge in [0.2, 0.25) is 0 Å². The van der Waals surface area contributed by atoms with Crippen LogP contribution in [-0.2, 0) is 0 Å². The van der Waals surface area contributed by atoms with Gasteiger partial charge < -0.3 is 17.3 Å². The van der Waals surface area contributed by atoms with Crippen molar-refractivity contribution in [2.75, 3.05) is 6.16 Å². The zero-order valence-electron chi connectivity index (χ0n) is 13.3. The number of rotatable bonds is 1. The van der Waals surface area contributed by atoms with Crippen LogP contribution >= 0.6 is 7.92 Å². The first-order chi connectivity index (χ1) is 10.1. The van der Waals surface area contributed by atoms with E-state index in [1.807, 2.05) is 0 Å². The molecule has 1 saturated heterocycles. The molecule has 0 spiro atoms. The van der Waals surface area contributed by atoms with E-state index < -0.39 is 7.25 Å². The van der Waals surface area contributed by atoms with Gasteiger partial charge in [0.25, 0.3) is 0 Å². The first-order valence-corrected chi connectivity index (χ1v) is 9.66. The van der Waals surface area contributed by atoms with Crippen LogP contribution in [0.3, 0.4) is 0 Å². The maximum atomic E-state index is 9.75. The Kier molecular flexibility index (Phi) is 5.26. The van der Waals surface area contributed by atoms with Crippen LogP contribution in [0.25, 0.3) is 0 Å². The van der Waals surface area contributed by atoms with E-state index in [4.69, 9.17) is 0 Å². The second kappa shape index (κ2) is 6.51. The van der Waals surface area contributed by atoms with Gasteiger partial charge in [-0.2, -0.15) is 0 Å². The highest BCUT2D eigenvalue weighted by Crippen LogP contribution is 2.66. The molecule has 0 nitrogen and oxygen atoms in total. The van der Waals surface area contributed by atoms with Gasteiger partial charge in [0, 0.05) is 19.3 Å². The highest BCUT2D eigenvalue weighted by molar-refractivity contribution is 7.66. The topological polar surface area (TPSA) is 0 Å². The molecule has 6 heteroatoms. The normalized spacial score (nSPS) is 33.0. The molecule has 124 valence electrons. The van der Waals surface area contributed by atoms with Crippen LogP contribution in [0, 0.1) is 17.3 Å². The molecule has 2 fully saturated rings. The van der Waals surface area contributed by atoms with Gasteiger partial charge in [-0.25, -0.2) is 0 Å². The third-order valence-electron chi connectivity index (χ3n) is 5.18. The molecule has 4 atom stereocenters. The maximum absolute atomic E-state index is 9.75. The Hall–Kier alpha value is -0.565. The van der Waals surface area contributed by atoms with Crippen LogP contribution in [0.4, 0.5) is 17.3 Å². The van der Waals surface area contributed by atoms with Crippen molar-refractivity contribution >= 4 is 20.5 Å². The highest BCUT2D eigenvalue weighted by Gasteiger charge is 2.57. The molecule has 1 unspecified atom stereocenters. The zero-order chi connectivity index (χ0) is 16.5. The van der Waals surface area contributed by atoms with E-state index in [1.54, 1.807) is 5.30 Å². The molecule has 1 saturated carbocycles. The molecule has 1 aliphatic heterocycles. The van der Waals surface area contributed by atoms with Gasteiger partial charge in [-0.15, -0.1) is 0 Å². The SMILES string of the molecule is C[C@@H]1C[PH+](c2ccccc2)[C@@H]2[C@H]1CCC2(C)C.F[B-](F)(F)F. The number of fused-ring (bicyclic) bond motifs is 1. The first-order valence-electron chi connectivity index (χ1n) is 7.88. The molecule has 1 aliphatic carbocycles. The summed E-state index contributed by atoms with van der Waals surface area (Å²) in [6.07, 6.45) is 4.45. The van der Waals surface area contributed by atoms with Gasteiger partial charge in [0.15, 0.2) is 0 Å². The Morgan fingerprint density at radius 3 is 2.18 bits per heavy atom. The van der Waals surface area contributed by atoms with E-state index >= 15 is 0 Å². The van der Waals surface area contributed by atoms with Gasteiger partial charge in [-0.1, -0.05) is 39.0 Å². The Morgan fingerprint density at radius 2 is 1.64 bits per heavy atom. The minimum Gasteiger partial charge on any atom is -0.418 e. The van der Waals surface area contributed by atoms with Crippen molar-refractivity contribution in [1.29, 1.82) is 0 Å². The third-order valence-corrected chi connectivity index (χ3v) is 9.30. The number of hydrogen-bond acceptors (Lipinski definition) is 0. The second-order valence-corrected chi connectivity index (χ2v) is 9.89. The minimum atomic E-state index is -6.00. The molecule has 0 amide bonds. The summed E-state index contributed by atoms with van der Waals surface area (Å²) in [5, 5.41) is 1.69. The predicted molar refractivity (Wildman–Crippen MR) is 88.9 cm³/mol. The van der Waals surface area contributed by atoms with Crippen molar-refractivity contribution in [1.82, 2.24) is 0 Å². The summed E-state index contributed by atoms with van der Waals surface area (Å²) in [5.74, 6) is 2.00. The largest absolute Gasteiger partial charge is 0.673 e. The van der Waals surface area contributed by atoms with Crippen molar-refractivity contribution in [3.8, 4) is 0 Å². The molecule has 22 heavy (non-hydrogen) atoms. The monoisotopic (exact) mass is 334 g/mol. The van der Waals surface area contributed by atoms with Gasteiger partial charge >= 0.3 is 7.25 Å². The lowest BCUT2D eigenvalue weighted by molar-refractivity contribution is 0.356. The summed E-state index contributed by atoms with van der Waals surface area (Å²) in [4.78, 5) is 0. The molecule has 0 N–H and O–H groups in total. The molecular formula is C16H24BF4P. The lowest BCUT2D eigenvalue weighted by Gasteiger charge is -2.26. The Bertz CT molecular complexity index is 483. The fraction of sp³-hybridized carbons (Fsp3) is 0.625. The standard InChI is InChI=1S/C16H23P.BF4/c1-12-11-17(13-7-5-4-6-8-13)15-14(12)9-10-16(15,2)3;2-1(3,4)5/h4-8,12,14-15H,9-11H2,1-3H3;/q;-1/p+1/t12-,14+,15-,17?;/m1./s1. The fourth-order valence-electron chi connectivity index (χ4n) is 4.36. The van der Waals surface area contributed by atoms with E-state index in [1.165, 1.54) is 19.0 Å². The summed E-state index contributed by atoms with van der Waals surface area (Å²) in [6, 6.07) is 11.4. The summed E-state index contributed by atoms with van der Waals surface area (Å²) in [5.41, 5.74) is 1.62. The fourth-order valence-corrected chi connectivity index (χ4v) is 8.92. The lowest BCUT2D eigenvalue weighted by Crippen LogP contribution is -2.26. The molecule has 3 rings (SSSR count). The highest BCUT2D eigenvalue weighted by atomic mass is 31.1. The van der Waals surface area contributed by atoms with E-state index in [0.29, 0.717) is 5.41 Å². The predicted octanol–water partition coefficient (Wildman–Crippen LogP) is 5.28. The quantitative estimate of drug-likeness (QED) is 0.372. The third kappa shape index (κ3) is 4.25. The summed E-state index contributed by atoms with van der Waals surface area (Å²) in [7, 11) is -6.32. The molecule has 2 aliphatic rings. The smallest absolute Gasteiger partial charge is 0.418 e. The van der Waals surface area contributed by atoms with Crippen molar-refractivity contribution < 1.29 is 17.3 Å². The number of halogens is 4. The molecular weight excluding hydrogens is 310 g/mol. The summed E-state index contributed by atoms with van der Waals surface area (Å²) in [6.45, 7) is 7.53. The summed E-state index contributed by atoms with van der Waals surface area (Å²) < 4.78 is 39.0. The summed E-state index contributed by atoms with van der Waals surface area (Å²) >= 11 is 0. The maximum Gasteiger partial charge on any atom is 0.673 e. The molecule has 0 aromatic heterocycles. The van der Waals surface area contributed by atoms with E-state index in [2.05, 4.69) is 51.1 Å². The molecule has 1 heterocycles. The average molecular weight is 334 g/mol. The Morgan fingerprint density at radius 1 is 1.09 bits per heavy atom. The van der Waals surface area contributed by atoms with Gasteiger partial charge in [0.1, 0.15) is 0 Å². The Balaban J connectivity index is 0.000000309. The van der Waals surface area contributed by atoms with Crippen LogP contribution in [0.15, 0.2) is 30.3 Å². The number of hydrogen-bond donors (Lipinski definition) is 0. The van der Waals surface area contributed by atoms with E-state index in [0.717, 1.165) is 17.5 Å². The first kappa shape index (κ1) is 17.8. The average Bonchev–Trinajstić information content (AvgIpc) is 2.89. The number of benzene rings is 1. The van der Waals surface area contributed by atoms with Gasteiger partial charge in [-0.3, -0.25) is 0 Å². The molecule has 1 aromatic rings. The van der Waals surface area contributed by atoms with Gasteiger partial charge in [0.05, 0.1) is 17.1 Å². The minimum absolute atomic E-state index is 0.320. The van der Waals surface area contributed by atoms with Crippen molar-refractivity contribution in [3.63, 3.8) is 0 Å². The zero-order valence-corrected chi connectivity index (χ0v) is 14.3. The molecule has 0 bridgehead atoms. The second-order valence-electron chi connectivity index (χ2n) is 7.24. The van der Waals surface area contributed by atoms with Crippen molar-refractivity contribution in [3.05, 3.63) is 30.3 Å². The van der Waals surface area contributed by atoms with Crippen LogP contribution in [0.2, 0.25) is 0 Å². The van der Waals surface area contributed by atoms with E-state index in [-0.39, 0.29) is 7.92 Å². The lowest BCUT2D eigenvalue weighted by atomic mass is 9.87. The molecule has 0 radical (unpaired) electrons. The van der Waals surface area contributed by atoms with Crippen molar-refractivity contribution in [2.24, 2.45) is 17.3 Å². The van der Waals surface area contributed by atoms with Crippen LogP contribution < -0.4 is 5.30 Å². The molecule has 1 aromatic carbocycles. The Labute approximate surface area is 131 Å². The van der Waals surface area contributed by atoms with Crippen LogP contribution in [-0.4, -0.2) is 19.1 Å².